The molecule has 1 aromatic rings. The van der Waals surface area contributed by atoms with Crippen LogP contribution in [0, 0.1) is 0 Å². The molecule has 0 fully saturated rings. The van der Waals surface area contributed by atoms with E-state index in [1.54, 1.807) is 26.0 Å². The molecule has 1 rings (SSSR count). The van der Waals surface area contributed by atoms with Gasteiger partial charge in [-0.1, -0.05) is 0 Å². The Balaban J connectivity index is 2.51. The first-order chi connectivity index (χ1) is 9.63. The number of aromatic nitrogens is 1. The van der Waals surface area contributed by atoms with Crippen molar-refractivity contribution in [2.75, 3.05) is 19.9 Å². The van der Waals surface area contributed by atoms with E-state index >= 15 is 0 Å². The van der Waals surface area contributed by atoms with Gasteiger partial charge in [-0.3, -0.25) is 4.98 Å². The van der Waals surface area contributed by atoms with E-state index in [-0.39, 0.29) is 0 Å². The molecule has 0 radical (unpaired) electrons. The second-order valence-electron chi connectivity index (χ2n) is 5.39. The highest BCUT2D eigenvalue weighted by Crippen LogP contribution is 2.04. The molecule has 7 nitrogen and oxygen atoms in total. The zero-order valence-electron chi connectivity index (χ0n) is 12.6. The van der Waals surface area contributed by atoms with Crippen molar-refractivity contribution in [2.45, 2.75) is 25.9 Å². The molecular formula is C13H21N3O4S. The molecule has 0 bridgehead atoms. The summed E-state index contributed by atoms with van der Waals surface area (Å²) >= 11 is 0. The molecule has 118 valence electrons. The maximum atomic E-state index is 11.3. The molecular weight excluding hydrogens is 294 g/mol. The van der Waals surface area contributed by atoms with Gasteiger partial charge in [-0.05, 0) is 26.0 Å². The topological polar surface area (TPSA) is 97.4 Å². The van der Waals surface area contributed by atoms with Gasteiger partial charge in [0.15, 0.2) is 0 Å². The van der Waals surface area contributed by atoms with Gasteiger partial charge in [-0.25, -0.2) is 17.9 Å². The Morgan fingerprint density at radius 3 is 2.52 bits per heavy atom. The summed E-state index contributed by atoms with van der Waals surface area (Å²) in [6.07, 6.45) is 2.57. The highest BCUT2D eigenvalue weighted by Gasteiger charge is 2.21. The number of pyridine rings is 1. The molecule has 0 atom stereocenters. The van der Waals surface area contributed by atoms with Gasteiger partial charge in [-0.15, -0.1) is 0 Å². The van der Waals surface area contributed by atoms with Gasteiger partial charge < -0.3 is 10.1 Å². The molecule has 0 spiro atoms. The molecule has 0 aliphatic rings. The fourth-order valence-corrected chi connectivity index (χ4v) is 2.88. The van der Waals surface area contributed by atoms with Gasteiger partial charge in [0.2, 0.25) is 10.0 Å². The summed E-state index contributed by atoms with van der Waals surface area (Å²) in [5.41, 5.74) is 0.539. The quantitative estimate of drug-likeness (QED) is 0.702. The van der Waals surface area contributed by atoms with Crippen LogP contribution >= 0.6 is 0 Å². The van der Waals surface area contributed by atoms with Crippen LogP contribution < -0.4 is 10.0 Å². The van der Waals surface area contributed by atoms with Gasteiger partial charge in [-0.2, -0.15) is 0 Å². The largest absolute Gasteiger partial charge is 0.465 e. The molecule has 1 aromatic heterocycles. The molecule has 8 heteroatoms. The number of rotatable bonds is 7. The Hall–Kier alpha value is -1.51. The van der Waals surface area contributed by atoms with Crippen molar-refractivity contribution in [3.63, 3.8) is 0 Å². The van der Waals surface area contributed by atoms with Crippen LogP contribution in [0.3, 0.4) is 0 Å². The SMILES string of the molecule is COC(=O)c1ccc(CNCC(C)(C)NS(C)(=O)=O)nc1. The number of hydrogen-bond donors (Lipinski definition) is 2. The first-order valence-corrected chi connectivity index (χ1v) is 8.25. The average Bonchev–Trinajstić information content (AvgIpc) is 2.35. The van der Waals surface area contributed by atoms with Crippen molar-refractivity contribution in [1.29, 1.82) is 0 Å². The maximum Gasteiger partial charge on any atom is 0.339 e. The number of nitrogens with zero attached hydrogens (tertiary/aromatic N) is 1. The van der Waals surface area contributed by atoms with E-state index in [9.17, 15) is 13.2 Å². The van der Waals surface area contributed by atoms with Crippen LogP contribution in [0.25, 0.3) is 0 Å². The summed E-state index contributed by atoms with van der Waals surface area (Å²) in [5.74, 6) is -0.430. The summed E-state index contributed by atoms with van der Waals surface area (Å²) in [7, 11) is -1.94. The van der Waals surface area contributed by atoms with E-state index in [2.05, 4.69) is 19.8 Å². The monoisotopic (exact) mass is 315 g/mol. The van der Waals surface area contributed by atoms with Crippen molar-refractivity contribution >= 4 is 16.0 Å². The number of esters is 1. The predicted molar refractivity (Wildman–Crippen MR) is 79.3 cm³/mol. The molecule has 21 heavy (non-hydrogen) atoms. The van der Waals surface area contributed by atoms with E-state index < -0.39 is 21.5 Å². The third-order valence-electron chi connectivity index (χ3n) is 2.58. The number of methoxy groups -OCH3 is 1. The highest BCUT2D eigenvalue weighted by atomic mass is 32.2. The first kappa shape index (κ1) is 17.5. The standard InChI is InChI=1S/C13H21N3O4S/c1-13(2,16-21(4,18)19)9-14-8-11-6-5-10(7-15-11)12(17)20-3/h5-7,14,16H,8-9H2,1-4H3. The maximum absolute atomic E-state index is 11.3. The molecule has 0 amide bonds. The lowest BCUT2D eigenvalue weighted by Gasteiger charge is -2.25. The molecule has 0 saturated heterocycles. The van der Waals surface area contributed by atoms with Crippen molar-refractivity contribution in [2.24, 2.45) is 0 Å². The number of hydrogen-bond acceptors (Lipinski definition) is 6. The van der Waals surface area contributed by atoms with Crippen LogP contribution in [0.1, 0.15) is 29.9 Å². The van der Waals surface area contributed by atoms with Gasteiger partial charge in [0.05, 0.1) is 24.6 Å². The van der Waals surface area contributed by atoms with Crippen LogP contribution in [-0.4, -0.2) is 44.8 Å². The molecule has 0 aliphatic heterocycles. The fourth-order valence-electron chi connectivity index (χ4n) is 1.81. The van der Waals surface area contributed by atoms with Gasteiger partial charge in [0.1, 0.15) is 0 Å². The van der Waals surface area contributed by atoms with E-state index in [1.165, 1.54) is 13.3 Å². The zero-order valence-corrected chi connectivity index (χ0v) is 13.5. The Morgan fingerprint density at radius 1 is 1.38 bits per heavy atom. The Morgan fingerprint density at radius 2 is 2.05 bits per heavy atom. The van der Waals surface area contributed by atoms with Crippen LogP contribution in [0.2, 0.25) is 0 Å². The van der Waals surface area contributed by atoms with Crippen LogP contribution in [0.4, 0.5) is 0 Å². The average molecular weight is 315 g/mol. The first-order valence-electron chi connectivity index (χ1n) is 6.36. The van der Waals surface area contributed by atoms with Gasteiger partial charge in [0.25, 0.3) is 0 Å². The highest BCUT2D eigenvalue weighted by molar-refractivity contribution is 7.88. The van der Waals surface area contributed by atoms with Crippen molar-refractivity contribution in [3.8, 4) is 0 Å². The molecule has 1 heterocycles. The second-order valence-corrected chi connectivity index (χ2v) is 7.14. The Kier molecular flexibility index (Phi) is 5.82. The molecule has 0 unspecified atom stereocenters. The fraction of sp³-hybridized carbons (Fsp3) is 0.538. The normalized spacial score (nSPS) is 12.2. The number of nitrogens with one attached hydrogen (secondary N) is 2. The summed E-state index contributed by atoms with van der Waals surface area (Å²) in [4.78, 5) is 15.4. The lowest BCUT2D eigenvalue weighted by Crippen LogP contribution is -2.49. The number of carbonyl (C=O) groups excluding carboxylic acids is 1. The lowest BCUT2D eigenvalue weighted by molar-refractivity contribution is 0.0600. The Bertz CT molecular complexity index is 582. The van der Waals surface area contributed by atoms with E-state index in [0.29, 0.717) is 18.7 Å². The van der Waals surface area contributed by atoms with Gasteiger partial charge in [0, 0.05) is 24.8 Å². The third kappa shape index (κ3) is 6.65. The van der Waals surface area contributed by atoms with Crippen molar-refractivity contribution in [1.82, 2.24) is 15.0 Å². The lowest BCUT2D eigenvalue weighted by atomic mass is 10.1. The number of carbonyl (C=O) groups is 1. The molecule has 2 N–H and O–H groups in total. The number of ether oxygens (including phenoxy) is 1. The number of sulfonamides is 1. The smallest absolute Gasteiger partial charge is 0.339 e. The van der Waals surface area contributed by atoms with E-state index in [4.69, 9.17) is 0 Å². The van der Waals surface area contributed by atoms with Crippen molar-refractivity contribution < 1.29 is 17.9 Å². The van der Waals surface area contributed by atoms with Crippen LogP contribution in [0.5, 0.6) is 0 Å². The molecule has 0 aliphatic carbocycles. The summed E-state index contributed by atoms with van der Waals surface area (Å²) in [6.45, 7) is 4.49. The second kappa shape index (κ2) is 6.97. The minimum absolute atomic E-state index is 0.389. The summed E-state index contributed by atoms with van der Waals surface area (Å²) in [6, 6.07) is 3.35. The Labute approximate surface area is 125 Å². The van der Waals surface area contributed by atoms with Crippen LogP contribution in [-0.2, 0) is 21.3 Å². The minimum Gasteiger partial charge on any atom is -0.465 e. The van der Waals surface area contributed by atoms with Gasteiger partial charge >= 0.3 is 5.97 Å². The summed E-state index contributed by atoms with van der Waals surface area (Å²) < 4.78 is 29.6. The zero-order chi connectivity index (χ0) is 16.1. The van der Waals surface area contributed by atoms with Crippen LogP contribution in [0.15, 0.2) is 18.3 Å². The molecule has 0 aromatic carbocycles. The van der Waals surface area contributed by atoms with E-state index in [1.807, 2.05) is 0 Å². The van der Waals surface area contributed by atoms with E-state index in [0.717, 1.165) is 11.9 Å². The third-order valence-corrected chi connectivity index (χ3v) is 3.50. The predicted octanol–water partition coefficient (Wildman–Crippen LogP) is 0.286. The minimum atomic E-state index is -3.25. The molecule has 0 saturated carbocycles. The summed E-state index contributed by atoms with van der Waals surface area (Å²) in [5, 5.41) is 3.12. The van der Waals surface area contributed by atoms with Crippen molar-refractivity contribution in [3.05, 3.63) is 29.6 Å².